The number of nitrogens with zero attached hydrogens (tertiary/aromatic N) is 1. The summed E-state index contributed by atoms with van der Waals surface area (Å²) in [6.45, 7) is 12.8. The van der Waals surface area contributed by atoms with E-state index in [0.717, 1.165) is 16.3 Å². The monoisotopic (exact) mass is 609 g/mol. The van der Waals surface area contributed by atoms with Crippen LogP contribution in [-0.4, -0.2) is 45.1 Å². The molecule has 236 valence electrons. The largest absolute Gasteiger partial charge is 0.508 e. The zero-order chi connectivity index (χ0) is 32.9. The molecule has 0 saturated carbocycles. The van der Waals surface area contributed by atoms with Gasteiger partial charge in [-0.15, -0.1) is 0 Å². The Balaban J connectivity index is 1.77. The van der Waals surface area contributed by atoms with E-state index in [2.05, 4.69) is 10.6 Å². The third-order valence-electron chi connectivity index (χ3n) is 7.24. The lowest BCUT2D eigenvalue weighted by Gasteiger charge is -2.43. The summed E-state index contributed by atoms with van der Waals surface area (Å²) in [4.78, 5) is 43.6. The number of fused-ring (bicyclic) bond motifs is 1. The molecule has 0 spiro atoms. The van der Waals surface area contributed by atoms with Gasteiger partial charge < -0.3 is 25.4 Å². The molecule has 3 amide bonds. The topological polar surface area (TPSA) is 108 Å². The van der Waals surface area contributed by atoms with Gasteiger partial charge in [-0.1, -0.05) is 72.3 Å². The van der Waals surface area contributed by atoms with Gasteiger partial charge in [0.25, 0.3) is 5.91 Å². The molecule has 2 unspecified atom stereocenters. The van der Waals surface area contributed by atoms with Gasteiger partial charge in [-0.2, -0.15) is 0 Å². The van der Waals surface area contributed by atoms with Crippen molar-refractivity contribution in [1.29, 1.82) is 0 Å². The highest BCUT2D eigenvalue weighted by molar-refractivity contribution is 6.00. The number of carbonyl (C=O) groups excluding carboxylic acids is 3. The maximum absolute atomic E-state index is 14.7. The lowest BCUT2D eigenvalue weighted by Crippen LogP contribution is -2.58. The van der Waals surface area contributed by atoms with E-state index in [9.17, 15) is 19.5 Å². The molecule has 0 fully saturated rings. The van der Waals surface area contributed by atoms with Crippen LogP contribution in [0.2, 0.25) is 0 Å². The minimum absolute atomic E-state index is 0.0860. The zero-order valence-corrected chi connectivity index (χ0v) is 27.0. The van der Waals surface area contributed by atoms with Gasteiger partial charge in [0.2, 0.25) is 5.91 Å². The summed E-state index contributed by atoms with van der Waals surface area (Å²) in [7, 11) is 0. The predicted octanol–water partition coefficient (Wildman–Crippen LogP) is 7.30. The number of phenols is 1. The Morgan fingerprint density at radius 1 is 0.822 bits per heavy atom. The van der Waals surface area contributed by atoms with Crippen molar-refractivity contribution in [1.82, 2.24) is 10.2 Å². The van der Waals surface area contributed by atoms with Gasteiger partial charge in [0.1, 0.15) is 23.4 Å². The van der Waals surface area contributed by atoms with E-state index in [-0.39, 0.29) is 12.2 Å². The third kappa shape index (κ3) is 8.85. The first-order valence-corrected chi connectivity index (χ1v) is 15.1. The minimum atomic E-state index is -1.08. The molecule has 0 heterocycles. The second-order valence-electron chi connectivity index (χ2n) is 13.3. The Morgan fingerprint density at radius 2 is 1.44 bits per heavy atom. The molecular formula is C37H43N3O5. The molecule has 4 aromatic carbocycles. The Bertz CT molecular complexity index is 1650. The van der Waals surface area contributed by atoms with E-state index in [0.29, 0.717) is 16.8 Å². The van der Waals surface area contributed by atoms with E-state index in [4.69, 9.17) is 4.74 Å². The molecule has 0 aliphatic heterocycles. The number of nitrogens with one attached hydrogen (secondary N) is 2. The van der Waals surface area contributed by atoms with Gasteiger partial charge in [0.05, 0.1) is 0 Å². The molecule has 0 radical (unpaired) electrons. The first kappa shape index (κ1) is 33.1. The molecule has 4 aromatic rings. The number of hydrogen-bond acceptors (Lipinski definition) is 5. The van der Waals surface area contributed by atoms with Crippen LogP contribution in [0.4, 0.5) is 10.5 Å². The van der Waals surface area contributed by atoms with E-state index in [1.54, 1.807) is 32.9 Å². The summed E-state index contributed by atoms with van der Waals surface area (Å²) in [6, 6.07) is 25.4. The van der Waals surface area contributed by atoms with Crippen molar-refractivity contribution in [3.05, 3.63) is 108 Å². The Labute approximate surface area is 265 Å². The Morgan fingerprint density at radius 3 is 2.04 bits per heavy atom. The average Bonchev–Trinajstić information content (AvgIpc) is 2.95. The number of aromatic hydroxyl groups is 1. The summed E-state index contributed by atoms with van der Waals surface area (Å²) < 4.78 is 5.52. The normalized spacial score (nSPS) is 13.0. The molecule has 0 aromatic heterocycles. The van der Waals surface area contributed by atoms with Gasteiger partial charge in [0.15, 0.2) is 0 Å². The van der Waals surface area contributed by atoms with E-state index < -0.39 is 41.1 Å². The van der Waals surface area contributed by atoms with Crippen molar-refractivity contribution < 1.29 is 24.2 Å². The lowest BCUT2D eigenvalue weighted by atomic mass is 9.93. The second-order valence-corrected chi connectivity index (χ2v) is 13.3. The van der Waals surface area contributed by atoms with Crippen LogP contribution in [0.1, 0.15) is 64.3 Å². The number of ether oxygens (including phenoxy) is 1. The van der Waals surface area contributed by atoms with Crippen molar-refractivity contribution in [3.8, 4) is 5.75 Å². The fourth-order valence-corrected chi connectivity index (χ4v) is 5.17. The van der Waals surface area contributed by atoms with Crippen molar-refractivity contribution in [2.45, 2.75) is 78.1 Å². The number of anilines is 1. The number of benzene rings is 4. The first-order chi connectivity index (χ1) is 21.1. The number of phenolic OH excluding ortho intramolecular Hbond substituents is 1. The molecule has 4 rings (SSSR count). The first-order valence-electron chi connectivity index (χ1n) is 15.1. The van der Waals surface area contributed by atoms with E-state index in [1.165, 1.54) is 17.0 Å². The maximum atomic E-state index is 14.7. The van der Waals surface area contributed by atoms with Crippen LogP contribution in [0.15, 0.2) is 91.0 Å². The Kier molecular flexibility index (Phi) is 9.86. The van der Waals surface area contributed by atoms with Crippen LogP contribution in [0.5, 0.6) is 5.75 Å². The molecule has 8 heteroatoms. The summed E-state index contributed by atoms with van der Waals surface area (Å²) in [5, 5.41) is 17.7. The minimum Gasteiger partial charge on any atom is -0.508 e. The van der Waals surface area contributed by atoms with Crippen LogP contribution < -0.4 is 10.6 Å². The SMILES string of the molecule is Cc1ccc(C(C(=O)Nc2ccc3ccccc3c2)N(C(=O)C(Cc2ccc(O)cc2)NC(=O)OC(C)(C)C)C(C)(C)C)cc1. The van der Waals surface area contributed by atoms with Crippen molar-refractivity contribution >= 4 is 34.4 Å². The van der Waals surface area contributed by atoms with Gasteiger partial charge in [-0.25, -0.2) is 4.79 Å². The number of carbonyl (C=O) groups is 3. The third-order valence-corrected chi connectivity index (χ3v) is 7.24. The molecule has 45 heavy (non-hydrogen) atoms. The van der Waals surface area contributed by atoms with Crippen LogP contribution >= 0.6 is 0 Å². The van der Waals surface area contributed by atoms with Crippen LogP contribution in [0.3, 0.4) is 0 Å². The molecule has 3 N–H and O–H groups in total. The summed E-state index contributed by atoms with van der Waals surface area (Å²) in [5.41, 5.74) is 1.31. The molecule has 0 aliphatic rings. The Hall–Kier alpha value is -4.85. The maximum Gasteiger partial charge on any atom is 0.408 e. The fraction of sp³-hybridized carbons (Fsp3) is 0.324. The number of aryl methyl sites for hydroxylation is 1. The quantitative estimate of drug-likeness (QED) is 0.194. The van der Waals surface area contributed by atoms with Gasteiger partial charge in [-0.05, 0) is 94.6 Å². The number of alkyl carbamates (subject to hydrolysis) is 1. The molecular weight excluding hydrogens is 566 g/mol. The highest BCUT2D eigenvalue weighted by Crippen LogP contribution is 2.32. The van der Waals surface area contributed by atoms with Gasteiger partial charge in [-0.3, -0.25) is 9.59 Å². The highest BCUT2D eigenvalue weighted by Gasteiger charge is 2.42. The average molecular weight is 610 g/mol. The molecule has 8 nitrogen and oxygen atoms in total. The van der Waals surface area contributed by atoms with Crippen LogP contribution in [-0.2, 0) is 20.7 Å². The number of rotatable bonds is 8. The fourth-order valence-electron chi connectivity index (χ4n) is 5.17. The van der Waals surface area contributed by atoms with Crippen molar-refractivity contribution in [2.24, 2.45) is 0 Å². The van der Waals surface area contributed by atoms with Crippen LogP contribution in [0.25, 0.3) is 10.8 Å². The molecule has 0 aliphatic carbocycles. The number of hydrogen-bond donors (Lipinski definition) is 3. The van der Waals surface area contributed by atoms with Crippen molar-refractivity contribution in [2.75, 3.05) is 5.32 Å². The number of amides is 3. The highest BCUT2D eigenvalue weighted by atomic mass is 16.6. The second kappa shape index (κ2) is 13.4. The predicted molar refractivity (Wildman–Crippen MR) is 178 cm³/mol. The summed E-state index contributed by atoms with van der Waals surface area (Å²) in [5.74, 6) is -0.762. The molecule has 0 bridgehead atoms. The molecule has 2 atom stereocenters. The van der Waals surface area contributed by atoms with Gasteiger partial charge in [0, 0.05) is 17.6 Å². The lowest BCUT2D eigenvalue weighted by molar-refractivity contribution is -0.146. The van der Waals surface area contributed by atoms with E-state index in [1.807, 2.05) is 94.4 Å². The summed E-state index contributed by atoms with van der Waals surface area (Å²) in [6.07, 6.45) is -0.640. The van der Waals surface area contributed by atoms with Gasteiger partial charge >= 0.3 is 6.09 Å². The molecule has 0 saturated heterocycles. The zero-order valence-electron chi connectivity index (χ0n) is 27.0. The van der Waals surface area contributed by atoms with E-state index >= 15 is 0 Å². The van der Waals surface area contributed by atoms with Crippen LogP contribution in [0, 0.1) is 6.92 Å². The van der Waals surface area contributed by atoms with Crippen molar-refractivity contribution in [3.63, 3.8) is 0 Å². The summed E-state index contributed by atoms with van der Waals surface area (Å²) >= 11 is 0. The standard InChI is InChI=1S/C37H43N3O5/c1-24-12-16-27(17-13-24)32(33(42)38-29-19-18-26-10-8-9-11-28(26)23-29)40(36(2,3)4)34(43)31(39-35(44)45-37(5,6)7)22-25-14-20-30(41)21-15-25/h8-21,23,31-32,41H,22H2,1-7H3,(H,38,42)(H,39,44). The smallest absolute Gasteiger partial charge is 0.408 e.